The molecule has 2 nitrogen and oxygen atoms in total. The lowest BCUT2D eigenvalue weighted by Crippen LogP contribution is -2.25. The predicted octanol–water partition coefficient (Wildman–Crippen LogP) is 3.23. The van der Waals surface area contributed by atoms with Gasteiger partial charge in [0.2, 0.25) is 0 Å². The smallest absolute Gasteiger partial charge is 0.129 e. The number of halogens is 1. The van der Waals surface area contributed by atoms with Gasteiger partial charge in [-0.05, 0) is 32.8 Å². The van der Waals surface area contributed by atoms with Crippen molar-refractivity contribution in [1.29, 1.82) is 0 Å². The van der Waals surface area contributed by atoms with Crippen LogP contribution in [-0.4, -0.2) is 17.3 Å². The number of benzene rings is 1. The molecule has 0 aromatic heterocycles. The number of rotatable bonds is 2. The highest BCUT2D eigenvalue weighted by atomic mass is 19.1. The molecular formula is C15H21FO2. The Balaban J connectivity index is 2.30. The third-order valence-corrected chi connectivity index (χ3v) is 4.15. The molecule has 0 bridgehead atoms. The van der Waals surface area contributed by atoms with Crippen LogP contribution in [0.15, 0.2) is 18.2 Å². The number of aryl methyl sites for hydroxylation is 1. The summed E-state index contributed by atoms with van der Waals surface area (Å²) in [6.45, 7) is 7.90. The lowest BCUT2D eigenvalue weighted by molar-refractivity contribution is 0.0220. The molecule has 2 rings (SSSR count). The van der Waals surface area contributed by atoms with Crippen molar-refractivity contribution in [3.05, 3.63) is 35.1 Å². The Hall–Kier alpha value is -0.930. The number of ether oxygens (including phenoxy) is 1. The van der Waals surface area contributed by atoms with E-state index in [4.69, 9.17) is 4.74 Å². The zero-order valence-corrected chi connectivity index (χ0v) is 11.4. The first-order valence-corrected chi connectivity index (χ1v) is 6.51. The van der Waals surface area contributed by atoms with Crippen molar-refractivity contribution in [3.8, 4) is 0 Å². The summed E-state index contributed by atoms with van der Waals surface area (Å²) in [5.74, 6) is -0.182. The van der Waals surface area contributed by atoms with E-state index < -0.39 is 6.10 Å². The second-order valence-electron chi connectivity index (χ2n) is 5.45. The second kappa shape index (κ2) is 4.98. The lowest BCUT2D eigenvalue weighted by atomic mass is 9.82. The molecule has 0 spiro atoms. The maximum Gasteiger partial charge on any atom is 0.129 e. The minimum absolute atomic E-state index is 0.0510. The number of hydrogen-bond donors (Lipinski definition) is 1. The SMILES string of the molecule is Cc1ccc(F)c(C(O)C2C(C)OC(C)C2C)c1. The van der Waals surface area contributed by atoms with Gasteiger partial charge in [0.1, 0.15) is 5.82 Å². The average molecular weight is 252 g/mol. The highest BCUT2D eigenvalue weighted by Gasteiger charge is 2.42. The van der Waals surface area contributed by atoms with Gasteiger partial charge in [0.05, 0.1) is 18.3 Å². The topological polar surface area (TPSA) is 29.5 Å². The minimum atomic E-state index is -0.806. The summed E-state index contributed by atoms with van der Waals surface area (Å²) in [6.07, 6.45) is -0.753. The summed E-state index contributed by atoms with van der Waals surface area (Å²) >= 11 is 0. The van der Waals surface area contributed by atoms with Crippen molar-refractivity contribution in [2.75, 3.05) is 0 Å². The molecule has 1 fully saturated rings. The van der Waals surface area contributed by atoms with Gasteiger partial charge in [0.15, 0.2) is 0 Å². The molecule has 1 aromatic carbocycles. The van der Waals surface area contributed by atoms with Gasteiger partial charge in [-0.3, -0.25) is 0 Å². The summed E-state index contributed by atoms with van der Waals surface area (Å²) in [5.41, 5.74) is 1.34. The number of aliphatic hydroxyl groups is 1. The Kier molecular flexibility index (Phi) is 3.74. The van der Waals surface area contributed by atoms with Crippen LogP contribution in [-0.2, 0) is 4.74 Å². The van der Waals surface area contributed by atoms with Crippen LogP contribution in [0.5, 0.6) is 0 Å². The Labute approximate surface area is 108 Å². The molecule has 5 atom stereocenters. The number of aliphatic hydroxyl groups excluding tert-OH is 1. The molecule has 5 unspecified atom stereocenters. The van der Waals surface area contributed by atoms with E-state index in [9.17, 15) is 9.50 Å². The molecule has 0 amide bonds. The van der Waals surface area contributed by atoms with Crippen LogP contribution in [0.1, 0.15) is 38.0 Å². The van der Waals surface area contributed by atoms with Gasteiger partial charge in [-0.2, -0.15) is 0 Å². The fourth-order valence-corrected chi connectivity index (χ4v) is 2.94. The summed E-state index contributed by atoms with van der Waals surface area (Å²) in [6, 6.07) is 4.86. The second-order valence-corrected chi connectivity index (χ2v) is 5.45. The predicted molar refractivity (Wildman–Crippen MR) is 68.8 cm³/mol. The summed E-state index contributed by atoms with van der Waals surface area (Å²) in [5, 5.41) is 10.5. The Bertz CT molecular complexity index is 433. The zero-order valence-electron chi connectivity index (χ0n) is 11.4. The molecule has 1 aliphatic heterocycles. The van der Waals surface area contributed by atoms with Crippen molar-refractivity contribution in [2.45, 2.75) is 46.0 Å². The maximum atomic E-state index is 13.8. The molecule has 100 valence electrons. The molecule has 0 radical (unpaired) electrons. The lowest BCUT2D eigenvalue weighted by Gasteiger charge is -2.25. The van der Waals surface area contributed by atoms with Gasteiger partial charge in [0.25, 0.3) is 0 Å². The molecule has 1 saturated heterocycles. The molecule has 0 aliphatic carbocycles. The van der Waals surface area contributed by atoms with Gasteiger partial charge < -0.3 is 9.84 Å². The van der Waals surface area contributed by atoms with Crippen molar-refractivity contribution in [1.82, 2.24) is 0 Å². The molecule has 1 heterocycles. The molecule has 18 heavy (non-hydrogen) atoms. The van der Waals surface area contributed by atoms with Crippen LogP contribution in [0.2, 0.25) is 0 Å². The van der Waals surface area contributed by atoms with E-state index in [1.165, 1.54) is 6.07 Å². The van der Waals surface area contributed by atoms with Crippen LogP contribution < -0.4 is 0 Å². The molecule has 0 saturated carbocycles. The van der Waals surface area contributed by atoms with Crippen LogP contribution in [0.4, 0.5) is 4.39 Å². The van der Waals surface area contributed by atoms with Crippen molar-refractivity contribution in [2.24, 2.45) is 11.8 Å². The standard InChI is InChI=1S/C15H21FO2/c1-8-5-6-13(16)12(7-8)15(17)14-9(2)10(3)18-11(14)4/h5-7,9-11,14-15,17H,1-4H3. The van der Waals surface area contributed by atoms with Crippen molar-refractivity contribution < 1.29 is 14.2 Å². The fourth-order valence-electron chi connectivity index (χ4n) is 2.94. The van der Waals surface area contributed by atoms with Gasteiger partial charge in [-0.1, -0.05) is 24.6 Å². The maximum absolute atomic E-state index is 13.8. The highest BCUT2D eigenvalue weighted by Crippen LogP contribution is 2.41. The third-order valence-electron chi connectivity index (χ3n) is 4.15. The molecule has 1 aliphatic rings. The molecular weight excluding hydrogens is 231 g/mol. The first kappa shape index (κ1) is 13.5. The van der Waals surface area contributed by atoms with E-state index in [-0.39, 0.29) is 29.9 Å². The van der Waals surface area contributed by atoms with Gasteiger partial charge in [-0.15, -0.1) is 0 Å². The number of hydrogen-bond acceptors (Lipinski definition) is 2. The van der Waals surface area contributed by atoms with E-state index >= 15 is 0 Å². The Morgan fingerprint density at radius 1 is 1.22 bits per heavy atom. The van der Waals surface area contributed by atoms with Gasteiger partial charge >= 0.3 is 0 Å². The average Bonchev–Trinajstić information content (AvgIpc) is 2.56. The first-order valence-electron chi connectivity index (χ1n) is 6.51. The first-order chi connectivity index (χ1) is 8.41. The van der Waals surface area contributed by atoms with Crippen LogP contribution in [0, 0.1) is 24.6 Å². The van der Waals surface area contributed by atoms with Crippen LogP contribution >= 0.6 is 0 Å². The monoisotopic (exact) mass is 252 g/mol. The van der Waals surface area contributed by atoms with E-state index in [1.54, 1.807) is 12.1 Å². The molecule has 1 N–H and O–H groups in total. The van der Waals surface area contributed by atoms with E-state index in [0.717, 1.165) is 5.56 Å². The van der Waals surface area contributed by atoms with E-state index in [1.807, 2.05) is 20.8 Å². The Morgan fingerprint density at radius 3 is 2.44 bits per heavy atom. The van der Waals surface area contributed by atoms with Crippen molar-refractivity contribution in [3.63, 3.8) is 0 Å². The van der Waals surface area contributed by atoms with Gasteiger partial charge in [0, 0.05) is 11.5 Å². The zero-order chi connectivity index (χ0) is 13.4. The molecule has 3 heteroatoms. The Morgan fingerprint density at radius 2 is 1.89 bits per heavy atom. The van der Waals surface area contributed by atoms with Crippen LogP contribution in [0.3, 0.4) is 0 Å². The normalized spacial score (nSPS) is 33.7. The largest absolute Gasteiger partial charge is 0.388 e. The summed E-state index contributed by atoms with van der Waals surface area (Å²) in [4.78, 5) is 0. The van der Waals surface area contributed by atoms with E-state index in [0.29, 0.717) is 5.56 Å². The summed E-state index contributed by atoms with van der Waals surface area (Å²) in [7, 11) is 0. The molecule has 1 aromatic rings. The summed E-state index contributed by atoms with van der Waals surface area (Å²) < 4.78 is 19.5. The van der Waals surface area contributed by atoms with Crippen LogP contribution in [0.25, 0.3) is 0 Å². The quantitative estimate of drug-likeness (QED) is 0.875. The highest BCUT2D eigenvalue weighted by molar-refractivity contribution is 5.27. The minimum Gasteiger partial charge on any atom is -0.388 e. The van der Waals surface area contributed by atoms with Gasteiger partial charge in [-0.25, -0.2) is 4.39 Å². The fraction of sp³-hybridized carbons (Fsp3) is 0.600. The van der Waals surface area contributed by atoms with E-state index in [2.05, 4.69) is 6.92 Å². The third kappa shape index (κ3) is 2.29. The van der Waals surface area contributed by atoms with Crippen molar-refractivity contribution >= 4 is 0 Å².